The molecule has 1 heterocycles. The van der Waals surface area contributed by atoms with Gasteiger partial charge in [-0.05, 0) is 87.2 Å². The summed E-state index contributed by atoms with van der Waals surface area (Å²) in [7, 11) is 0. The molecule has 0 radical (unpaired) electrons. The number of fused-ring (bicyclic) bond motifs is 1. The fourth-order valence-corrected chi connectivity index (χ4v) is 7.40. The molecule has 1 aromatic carbocycles. The highest BCUT2D eigenvalue weighted by Gasteiger charge is 2.53. The molecule has 4 aliphatic rings. The molecular weight excluding hydrogens is 366 g/mol. The summed E-state index contributed by atoms with van der Waals surface area (Å²) in [6, 6.07) is 8.43. The Labute approximate surface area is 171 Å². The summed E-state index contributed by atoms with van der Waals surface area (Å²) >= 11 is 1.71. The first-order valence-corrected chi connectivity index (χ1v) is 12.0. The maximum atomic E-state index is 12.6. The van der Waals surface area contributed by atoms with Crippen molar-refractivity contribution in [2.75, 3.05) is 5.75 Å². The summed E-state index contributed by atoms with van der Waals surface area (Å²) in [6.45, 7) is 2.27. The van der Waals surface area contributed by atoms with E-state index in [1.54, 1.807) is 11.8 Å². The zero-order chi connectivity index (χ0) is 19.1. The number of para-hydroxylation sites is 2. The Bertz CT molecular complexity index is 792. The van der Waals surface area contributed by atoms with Crippen LogP contribution in [0.2, 0.25) is 0 Å². The summed E-state index contributed by atoms with van der Waals surface area (Å²) in [5.41, 5.74) is 2.48. The number of aromatic amines is 1. The lowest BCUT2D eigenvalue weighted by Gasteiger charge is -2.59. The summed E-state index contributed by atoms with van der Waals surface area (Å²) in [6.07, 6.45) is 9.93. The van der Waals surface area contributed by atoms with Gasteiger partial charge in [0.05, 0.1) is 11.0 Å². The molecule has 2 N–H and O–H groups in total. The molecule has 1 aromatic heterocycles. The molecule has 6 rings (SSSR count). The van der Waals surface area contributed by atoms with Crippen LogP contribution in [-0.2, 0) is 4.79 Å². The summed E-state index contributed by atoms with van der Waals surface area (Å²) in [4.78, 5) is 20.5. The van der Waals surface area contributed by atoms with Gasteiger partial charge in [-0.25, -0.2) is 4.98 Å². The van der Waals surface area contributed by atoms with E-state index in [2.05, 4.69) is 22.2 Å². The molecule has 2 aromatic rings. The van der Waals surface area contributed by atoms with Crippen molar-refractivity contribution in [3.8, 4) is 0 Å². The number of hydrogen-bond acceptors (Lipinski definition) is 3. The minimum atomic E-state index is 0.230. The molecule has 5 heteroatoms. The lowest BCUT2D eigenvalue weighted by molar-refractivity contribution is -0.125. The Hall–Kier alpha value is -1.49. The zero-order valence-corrected chi connectivity index (χ0v) is 17.6. The van der Waals surface area contributed by atoms with Gasteiger partial charge >= 0.3 is 0 Å². The first-order chi connectivity index (χ1) is 13.6. The van der Waals surface area contributed by atoms with E-state index < -0.39 is 0 Å². The van der Waals surface area contributed by atoms with Gasteiger partial charge in [0.15, 0.2) is 5.16 Å². The Balaban J connectivity index is 1.09. The van der Waals surface area contributed by atoms with Crippen LogP contribution in [0.1, 0.15) is 58.3 Å². The molecule has 0 aliphatic heterocycles. The number of aromatic nitrogens is 2. The highest BCUT2D eigenvalue weighted by atomic mass is 32.2. The number of carbonyl (C=O) groups excluding carboxylic acids is 1. The number of nitrogens with one attached hydrogen (secondary N) is 2. The van der Waals surface area contributed by atoms with Gasteiger partial charge in [-0.3, -0.25) is 4.79 Å². The number of H-pyrrole nitrogens is 1. The first kappa shape index (κ1) is 18.5. The van der Waals surface area contributed by atoms with Crippen molar-refractivity contribution in [2.24, 2.45) is 23.2 Å². The maximum Gasteiger partial charge on any atom is 0.220 e. The second-order valence-corrected chi connectivity index (χ2v) is 10.7. The molecule has 1 atom stereocenters. The predicted octanol–water partition coefficient (Wildman–Crippen LogP) is 5.16. The van der Waals surface area contributed by atoms with E-state index >= 15 is 0 Å². The summed E-state index contributed by atoms with van der Waals surface area (Å²) in [5, 5.41) is 4.33. The van der Waals surface area contributed by atoms with E-state index in [1.165, 1.54) is 38.5 Å². The number of hydrogen-bond donors (Lipinski definition) is 2. The fraction of sp³-hybridized carbons (Fsp3) is 0.652. The normalized spacial score (nSPS) is 32.0. The number of amides is 1. The molecule has 1 amide bonds. The van der Waals surface area contributed by atoms with Gasteiger partial charge < -0.3 is 10.3 Å². The number of nitrogens with zero attached hydrogens (tertiary/aromatic N) is 1. The van der Waals surface area contributed by atoms with Crippen molar-refractivity contribution in [1.29, 1.82) is 0 Å². The quantitative estimate of drug-likeness (QED) is 0.501. The van der Waals surface area contributed by atoms with Gasteiger partial charge in [-0.1, -0.05) is 23.9 Å². The van der Waals surface area contributed by atoms with Crippen LogP contribution in [0.15, 0.2) is 29.4 Å². The third-order valence-electron chi connectivity index (χ3n) is 7.54. The highest BCUT2D eigenvalue weighted by Crippen LogP contribution is 2.61. The minimum absolute atomic E-state index is 0.230. The third-order valence-corrected chi connectivity index (χ3v) is 8.50. The molecular formula is C23H31N3OS. The van der Waals surface area contributed by atoms with Crippen molar-refractivity contribution in [1.82, 2.24) is 15.3 Å². The van der Waals surface area contributed by atoms with Crippen molar-refractivity contribution >= 4 is 28.7 Å². The van der Waals surface area contributed by atoms with Gasteiger partial charge in [0.25, 0.3) is 0 Å². The predicted molar refractivity (Wildman–Crippen MR) is 114 cm³/mol. The number of carbonyl (C=O) groups is 1. The Morgan fingerprint density at radius 1 is 1.21 bits per heavy atom. The minimum Gasteiger partial charge on any atom is -0.353 e. The molecule has 4 fully saturated rings. The van der Waals surface area contributed by atoms with Gasteiger partial charge in [0, 0.05) is 18.2 Å². The largest absolute Gasteiger partial charge is 0.353 e. The lowest BCUT2D eigenvalue weighted by atomic mass is 9.48. The molecule has 28 heavy (non-hydrogen) atoms. The van der Waals surface area contributed by atoms with Gasteiger partial charge in [0.2, 0.25) is 5.91 Å². The topological polar surface area (TPSA) is 57.8 Å². The summed E-state index contributed by atoms with van der Waals surface area (Å²) < 4.78 is 0. The molecule has 0 unspecified atom stereocenters. The molecule has 4 aliphatic carbocycles. The van der Waals surface area contributed by atoms with Crippen molar-refractivity contribution < 1.29 is 4.79 Å². The van der Waals surface area contributed by atoms with E-state index in [-0.39, 0.29) is 5.91 Å². The smallest absolute Gasteiger partial charge is 0.220 e. The number of benzene rings is 1. The van der Waals surface area contributed by atoms with Crippen LogP contribution >= 0.6 is 11.8 Å². The first-order valence-electron chi connectivity index (χ1n) is 11.0. The number of imidazole rings is 1. The van der Waals surface area contributed by atoms with E-state index in [9.17, 15) is 4.79 Å². The maximum absolute atomic E-state index is 12.6. The SMILES string of the molecule is C[C@H](NC(=O)CCCSc1nc2ccccc2[nH]1)C12CC3CC(CC(C3)C1)C2. The van der Waals surface area contributed by atoms with Crippen LogP contribution in [0.25, 0.3) is 11.0 Å². The summed E-state index contributed by atoms with van der Waals surface area (Å²) in [5.74, 6) is 3.95. The molecule has 0 spiro atoms. The van der Waals surface area contributed by atoms with Gasteiger partial charge in [0.1, 0.15) is 0 Å². The van der Waals surface area contributed by atoms with Gasteiger partial charge in [-0.2, -0.15) is 0 Å². The lowest BCUT2D eigenvalue weighted by Crippen LogP contribution is -2.55. The van der Waals surface area contributed by atoms with E-state index in [1.807, 2.05) is 24.3 Å². The van der Waals surface area contributed by atoms with Gasteiger partial charge in [-0.15, -0.1) is 0 Å². The second kappa shape index (κ2) is 7.40. The van der Waals surface area contributed by atoms with Crippen LogP contribution in [0, 0.1) is 23.2 Å². The average Bonchev–Trinajstić information content (AvgIpc) is 3.07. The van der Waals surface area contributed by atoms with Crippen LogP contribution in [0.3, 0.4) is 0 Å². The number of thioether (sulfide) groups is 1. The highest BCUT2D eigenvalue weighted by molar-refractivity contribution is 7.99. The average molecular weight is 398 g/mol. The molecule has 4 bridgehead atoms. The van der Waals surface area contributed by atoms with Crippen molar-refractivity contribution in [3.63, 3.8) is 0 Å². The number of rotatable bonds is 7. The van der Waals surface area contributed by atoms with E-state index in [4.69, 9.17) is 0 Å². The van der Waals surface area contributed by atoms with Crippen LogP contribution in [-0.4, -0.2) is 27.7 Å². The Morgan fingerprint density at radius 3 is 2.57 bits per heavy atom. The standard InChI is InChI=1S/C23H31N3OS/c1-15(23-12-16-9-17(13-23)11-18(10-16)14-23)24-21(27)7-4-8-28-22-25-19-5-2-3-6-20(19)26-22/h2-3,5-6,15-18H,4,7-14H2,1H3,(H,24,27)(H,25,26)/t15-,16?,17?,18?,23?/m0/s1. The van der Waals surface area contributed by atoms with E-state index in [0.29, 0.717) is 17.9 Å². The zero-order valence-electron chi connectivity index (χ0n) is 16.7. The van der Waals surface area contributed by atoms with Crippen LogP contribution < -0.4 is 5.32 Å². The monoisotopic (exact) mass is 397 g/mol. The molecule has 4 nitrogen and oxygen atoms in total. The fourth-order valence-electron chi connectivity index (χ4n) is 6.57. The van der Waals surface area contributed by atoms with Crippen LogP contribution in [0.5, 0.6) is 0 Å². The molecule has 0 saturated heterocycles. The molecule has 150 valence electrons. The van der Waals surface area contributed by atoms with Crippen molar-refractivity contribution in [3.05, 3.63) is 24.3 Å². The molecule has 4 saturated carbocycles. The third kappa shape index (κ3) is 3.58. The Kier molecular flexibility index (Phi) is 4.90. The van der Waals surface area contributed by atoms with Crippen molar-refractivity contribution in [2.45, 2.75) is 69.5 Å². The second-order valence-electron chi connectivity index (χ2n) is 9.58. The van der Waals surface area contributed by atoms with Crippen LogP contribution in [0.4, 0.5) is 0 Å². The Morgan fingerprint density at radius 2 is 1.89 bits per heavy atom. The van der Waals surface area contributed by atoms with E-state index in [0.717, 1.165) is 46.1 Å².